The summed E-state index contributed by atoms with van der Waals surface area (Å²) in [5.41, 5.74) is 0.810. The minimum Gasteiger partial charge on any atom is -0.337 e. The number of hydrogen-bond donors (Lipinski definition) is 0. The van der Waals surface area contributed by atoms with Crippen LogP contribution in [0.1, 0.15) is 58.4 Å². The molecule has 6 heteroatoms. The number of rotatable bonds is 3. The van der Waals surface area contributed by atoms with Crippen LogP contribution >= 0.6 is 11.6 Å². The number of carbonyl (C=O) groups excluding carboxylic acids is 1. The maximum Gasteiger partial charge on any atom is 0.249 e. The van der Waals surface area contributed by atoms with Crippen LogP contribution in [0.25, 0.3) is 11.4 Å². The molecule has 3 rings (SSSR count). The predicted octanol–water partition coefficient (Wildman–Crippen LogP) is 4.88. The average Bonchev–Trinajstić information content (AvgIpc) is 3.04. The van der Waals surface area contributed by atoms with E-state index in [-0.39, 0.29) is 17.4 Å². The van der Waals surface area contributed by atoms with Crippen LogP contribution in [0.3, 0.4) is 0 Å². The normalized spacial score (nSPS) is 18.4. The highest BCUT2D eigenvalue weighted by Crippen LogP contribution is 2.33. The second-order valence-corrected chi connectivity index (χ2v) is 8.24. The lowest BCUT2D eigenvalue weighted by atomic mass is 9.90. The molecule has 0 radical (unpaired) electrons. The standard InChI is InChI=1S/C19H24ClN3O2/c1-19(2,3)12-16(24)23-11-5-4-6-15(23)18-21-17(22-25-18)13-7-9-14(20)10-8-13/h7-10,15H,4-6,11-12H2,1-3H3/t15-/m1/s1. The second-order valence-electron chi connectivity index (χ2n) is 7.80. The Morgan fingerprint density at radius 2 is 2.00 bits per heavy atom. The van der Waals surface area contributed by atoms with Crippen molar-refractivity contribution >= 4 is 17.5 Å². The Hall–Kier alpha value is -1.88. The Bertz CT molecular complexity index is 734. The molecule has 1 atom stereocenters. The third kappa shape index (κ3) is 4.40. The molecule has 0 aliphatic carbocycles. The molecule has 1 fully saturated rings. The zero-order chi connectivity index (χ0) is 18.0. The van der Waals surface area contributed by atoms with Crippen molar-refractivity contribution in [2.75, 3.05) is 6.54 Å². The first kappa shape index (κ1) is 17.9. The van der Waals surface area contributed by atoms with Crippen LogP contribution in [0.15, 0.2) is 28.8 Å². The molecule has 134 valence electrons. The van der Waals surface area contributed by atoms with Crippen LogP contribution in [0.4, 0.5) is 0 Å². The SMILES string of the molecule is CC(C)(C)CC(=O)N1CCCC[C@@H]1c1nc(-c2ccc(Cl)cc2)no1. The van der Waals surface area contributed by atoms with Crippen molar-refractivity contribution in [2.45, 2.75) is 52.5 Å². The van der Waals surface area contributed by atoms with Gasteiger partial charge >= 0.3 is 0 Å². The van der Waals surface area contributed by atoms with Gasteiger partial charge in [-0.15, -0.1) is 0 Å². The quantitative estimate of drug-likeness (QED) is 0.781. The molecule has 5 nitrogen and oxygen atoms in total. The van der Waals surface area contributed by atoms with Crippen molar-refractivity contribution in [1.29, 1.82) is 0 Å². The number of nitrogens with zero attached hydrogens (tertiary/aromatic N) is 3. The maximum atomic E-state index is 12.7. The first-order valence-electron chi connectivity index (χ1n) is 8.72. The Labute approximate surface area is 153 Å². The summed E-state index contributed by atoms with van der Waals surface area (Å²) in [6, 6.07) is 7.19. The predicted molar refractivity (Wildman–Crippen MR) is 97.1 cm³/mol. The van der Waals surface area contributed by atoms with Gasteiger partial charge in [-0.3, -0.25) is 4.79 Å². The van der Waals surface area contributed by atoms with Gasteiger partial charge in [-0.05, 0) is 48.9 Å². The monoisotopic (exact) mass is 361 g/mol. The first-order valence-corrected chi connectivity index (χ1v) is 9.10. The Kier molecular flexibility index (Phi) is 5.13. The molecule has 25 heavy (non-hydrogen) atoms. The van der Waals surface area contributed by atoms with Gasteiger partial charge in [0.05, 0.1) is 0 Å². The lowest BCUT2D eigenvalue weighted by Gasteiger charge is -2.35. The van der Waals surface area contributed by atoms with E-state index in [4.69, 9.17) is 16.1 Å². The van der Waals surface area contributed by atoms with Crippen molar-refractivity contribution < 1.29 is 9.32 Å². The molecule has 1 amide bonds. The number of halogens is 1. The van der Waals surface area contributed by atoms with Crippen LogP contribution < -0.4 is 0 Å². The van der Waals surface area contributed by atoms with Crippen LogP contribution in [-0.4, -0.2) is 27.5 Å². The van der Waals surface area contributed by atoms with Gasteiger partial charge in [-0.1, -0.05) is 37.5 Å². The van der Waals surface area contributed by atoms with E-state index in [2.05, 4.69) is 30.9 Å². The highest BCUT2D eigenvalue weighted by atomic mass is 35.5. The summed E-state index contributed by atoms with van der Waals surface area (Å²) in [4.78, 5) is 19.2. The van der Waals surface area contributed by atoms with Crippen LogP contribution in [-0.2, 0) is 4.79 Å². The van der Waals surface area contributed by atoms with Gasteiger partial charge in [0.1, 0.15) is 6.04 Å². The van der Waals surface area contributed by atoms with E-state index in [0.717, 1.165) is 31.4 Å². The largest absolute Gasteiger partial charge is 0.337 e. The average molecular weight is 362 g/mol. The van der Waals surface area contributed by atoms with E-state index in [0.29, 0.717) is 23.2 Å². The molecule has 2 aromatic rings. The number of amides is 1. The molecular weight excluding hydrogens is 338 g/mol. The maximum absolute atomic E-state index is 12.7. The van der Waals surface area contributed by atoms with E-state index in [9.17, 15) is 4.79 Å². The van der Waals surface area contributed by atoms with Gasteiger partial charge in [-0.2, -0.15) is 4.98 Å². The molecule has 1 aliphatic heterocycles. The van der Waals surface area contributed by atoms with Gasteiger partial charge in [-0.25, -0.2) is 0 Å². The van der Waals surface area contributed by atoms with Crippen molar-refractivity contribution in [3.63, 3.8) is 0 Å². The van der Waals surface area contributed by atoms with Crippen molar-refractivity contribution in [2.24, 2.45) is 5.41 Å². The van der Waals surface area contributed by atoms with Crippen LogP contribution in [0.5, 0.6) is 0 Å². The molecule has 0 unspecified atom stereocenters. The molecule has 1 saturated heterocycles. The fourth-order valence-corrected chi connectivity index (χ4v) is 3.25. The number of benzene rings is 1. The number of piperidine rings is 1. The molecule has 0 N–H and O–H groups in total. The van der Waals surface area contributed by atoms with E-state index in [1.54, 1.807) is 12.1 Å². The number of carbonyl (C=O) groups is 1. The number of hydrogen-bond acceptors (Lipinski definition) is 4. The Morgan fingerprint density at radius 3 is 2.68 bits per heavy atom. The summed E-state index contributed by atoms with van der Waals surface area (Å²) in [5.74, 6) is 1.20. The summed E-state index contributed by atoms with van der Waals surface area (Å²) >= 11 is 5.92. The van der Waals surface area contributed by atoms with Gasteiger partial charge in [0.2, 0.25) is 17.6 Å². The zero-order valence-electron chi connectivity index (χ0n) is 15.0. The van der Waals surface area contributed by atoms with E-state index < -0.39 is 0 Å². The van der Waals surface area contributed by atoms with Crippen LogP contribution in [0, 0.1) is 5.41 Å². The van der Waals surface area contributed by atoms with E-state index in [1.165, 1.54) is 0 Å². The Morgan fingerprint density at radius 1 is 1.28 bits per heavy atom. The summed E-state index contributed by atoms with van der Waals surface area (Å²) in [6.45, 7) is 6.98. The van der Waals surface area contributed by atoms with E-state index >= 15 is 0 Å². The minimum atomic E-state index is -0.128. The smallest absolute Gasteiger partial charge is 0.249 e. The summed E-state index contributed by atoms with van der Waals surface area (Å²) in [7, 11) is 0. The highest BCUT2D eigenvalue weighted by molar-refractivity contribution is 6.30. The first-order chi connectivity index (χ1) is 11.8. The van der Waals surface area contributed by atoms with Crippen molar-refractivity contribution in [3.8, 4) is 11.4 Å². The third-order valence-electron chi connectivity index (χ3n) is 4.33. The molecule has 0 spiro atoms. The van der Waals surface area contributed by atoms with Crippen LogP contribution in [0.2, 0.25) is 5.02 Å². The van der Waals surface area contributed by atoms with Gasteiger partial charge in [0.25, 0.3) is 0 Å². The third-order valence-corrected chi connectivity index (χ3v) is 4.59. The number of likely N-dealkylation sites (tertiary alicyclic amines) is 1. The van der Waals surface area contributed by atoms with Crippen molar-refractivity contribution in [1.82, 2.24) is 15.0 Å². The van der Waals surface area contributed by atoms with Gasteiger partial charge in [0, 0.05) is 23.6 Å². The molecule has 2 heterocycles. The Balaban J connectivity index is 1.81. The number of aromatic nitrogens is 2. The van der Waals surface area contributed by atoms with Gasteiger partial charge < -0.3 is 9.42 Å². The molecule has 1 aromatic heterocycles. The van der Waals surface area contributed by atoms with Crippen molar-refractivity contribution in [3.05, 3.63) is 35.2 Å². The molecule has 0 saturated carbocycles. The summed E-state index contributed by atoms with van der Waals surface area (Å²) < 4.78 is 5.51. The lowest BCUT2D eigenvalue weighted by Crippen LogP contribution is -2.40. The molecule has 0 bridgehead atoms. The fraction of sp³-hybridized carbons (Fsp3) is 0.526. The lowest BCUT2D eigenvalue weighted by molar-refractivity contribution is -0.137. The molecule has 1 aromatic carbocycles. The minimum absolute atomic E-state index is 0.0393. The second kappa shape index (κ2) is 7.16. The van der Waals surface area contributed by atoms with E-state index in [1.807, 2.05) is 17.0 Å². The van der Waals surface area contributed by atoms with Gasteiger partial charge in [0.15, 0.2) is 0 Å². The summed E-state index contributed by atoms with van der Waals surface area (Å²) in [5, 5.41) is 4.76. The zero-order valence-corrected chi connectivity index (χ0v) is 15.7. The molecular formula is C19H24ClN3O2. The topological polar surface area (TPSA) is 59.2 Å². The summed E-state index contributed by atoms with van der Waals surface area (Å²) in [6.07, 6.45) is 3.45. The highest BCUT2D eigenvalue weighted by Gasteiger charge is 2.33. The molecule has 1 aliphatic rings. The fourth-order valence-electron chi connectivity index (χ4n) is 3.13.